The Morgan fingerprint density at radius 2 is 2.38 bits per heavy atom. The number of thioether (sulfide) groups is 1. The second kappa shape index (κ2) is 5.19. The molecule has 2 rings (SSSR count). The molecule has 1 saturated heterocycles. The van der Waals surface area contributed by atoms with Crippen molar-refractivity contribution in [2.45, 2.75) is 44.4 Å². The first-order valence-electron chi connectivity index (χ1n) is 5.87. The zero-order valence-corrected chi connectivity index (χ0v) is 10.7. The topological polar surface area (TPSA) is 64.9 Å². The molecule has 1 fully saturated rings. The summed E-state index contributed by atoms with van der Waals surface area (Å²) in [5.41, 5.74) is 6.00. The lowest BCUT2D eigenvalue weighted by atomic mass is 10.0. The van der Waals surface area contributed by atoms with Gasteiger partial charge >= 0.3 is 0 Å². The average molecular weight is 241 g/mol. The van der Waals surface area contributed by atoms with Gasteiger partial charge in [-0.25, -0.2) is 0 Å². The van der Waals surface area contributed by atoms with Gasteiger partial charge < -0.3 is 10.3 Å². The molecule has 2 heterocycles. The van der Waals surface area contributed by atoms with Crippen LogP contribution in [0.3, 0.4) is 0 Å². The fourth-order valence-electron chi connectivity index (χ4n) is 1.92. The smallest absolute Gasteiger partial charge is 0.243 e. The average Bonchev–Trinajstić information content (AvgIpc) is 2.87. The standard InChI is InChI=1S/C11H19N3OS/c1-7(2)6-8(12)11-13-10(14-15-11)9-4-3-5-16-9/h7-9H,3-6,12H2,1-2H3/t8-,9?/m0/s1. The minimum atomic E-state index is -0.118. The molecule has 1 aromatic rings. The molecule has 0 radical (unpaired) electrons. The molecule has 90 valence electrons. The molecule has 0 bridgehead atoms. The van der Waals surface area contributed by atoms with Crippen molar-refractivity contribution in [1.29, 1.82) is 0 Å². The van der Waals surface area contributed by atoms with Crippen molar-refractivity contribution in [2.75, 3.05) is 5.75 Å². The van der Waals surface area contributed by atoms with Crippen LogP contribution in [0.15, 0.2) is 4.52 Å². The lowest BCUT2D eigenvalue weighted by Gasteiger charge is -2.08. The van der Waals surface area contributed by atoms with Gasteiger partial charge in [0, 0.05) is 0 Å². The SMILES string of the molecule is CC(C)C[C@H](N)c1nc(C2CCCS2)no1. The molecule has 2 atom stereocenters. The van der Waals surface area contributed by atoms with Crippen LogP contribution in [0.1, 0.15) is 56.1 Å². The van der Waals surface area contributed by atoms with Gasteiger partial charge in [0.2, 0.25) is 5.89 Å². The van der Waals surface area contributed by atoms with E-state index in [1.165, 1.54) is 12.2 Å². The Kier molecular flexibility index (Phi) is 3.86. The fraction of sp³-hybridized carbons (Fsp3) is 0.818. The highest BCUT2D eigenvalue weighted by atomic mass is 32.2. The predicted molar refractivity (Wildman–Crippen MR) is 65.1 cm³/mol. The van der Waals surface area contributed by atoms with Crippen molar-refractivity contribution < 1.29 is 4.52 Å². The van der Waals surface area contributed by atoms with Gasteiger partial charge in [-0.3, -0.25) is 0 Å². The van der Waals surface area contributed by atoms with E-state index >= 15 is 0 Å². The molecule has 4 nitrogen and oxygen atoms in total. The van der Waals surface area contributed by atoms with Crippen molar-refractivity contribution >= 4 is 11.8 Å². The first-order chi connectivity index (χ1) is 7.66. The Bertz CT molecular complexity index is 334. The second-order valence-corrected chi connectivity index (χ2v) is 6.04. The Labute approximate surface area is 100 Å². The largest absolute Gasteiger partial charge is 0.338 e. The number of hydrogen-bond donors (Lipinski definition) is 1. The van der Waals surface area contributed by atoms with E-state index in [0.29, 0.717) is 17.1 Å². The first kappa shape index (κ1) is 11.9. The molecule has 5 heteroatoms. The second-order valence-electron chi connectivity index (χ2n) is 4.73. The van der Waals surface area contributed by atoms with Gasteiger partial charge in [0.15, 0.2) is 5.82 Å². The zero-order chi connectivity index (χ0) is 11.5. The molecule has 2 N–H and O–H groups in total. The van der Waals surface area contributed by atoms with Crippen LogP contribution in [-0.4, -0.2) is 15.9 Å². The fourth-order valence-corrected chi connectivity index (χ4v) is 3.11. The van der Waals surface area contributed by atoms with E-state index in [-0.39, 0.29) is 6.04 Å². The number of hydrogen-bond acceptors (Lipinski definition) is 5. The van der Waals surface area contributed by atoms with Gasteiger partial charge in [0.1, 0.15) is 0 Å². The van der Waals surface area contributed by atoms with Crippen molar-refractivity contribution in [3.63, 3.8) is 0 Å². The molecule has 1 aromatic heterocycles. The maximum atomic E-state index is 6.00. The van der Waals surface area contributed by atoms with E-state index in [2.05, 4.69) is 24.0 Å². The summed E-state index contributed by atoms with van der Waals surface area (Å²) < 4.78 is 5.24. The van der Waals surface area contributed by atoms with Crippen molar-refractivity contribution in [3.05, 3.63) is 11.7 Å². The highest BCUT2D eigenvalue weighted by Gasteiger charge is 2.24. The van der Waals surface area contributed by atoms with E-state index in [0.717, 1.165) is 18.7 Å². The van der Waals surface area contributed by atoms with Crippen LogP contribution in [0.4, 0.5) is 0 Å². The van der Waals surface area contributed by atoms with Gasteiger partial charge in [-0.15, -0.1) is 0 Å². The van der Waals surface area contributed by atoms with Gasteiger partial charge in [0.25, 0.3) is 0 Å². The normalized spacial score (nSPS) is 22.9. The third-order valence-corrected chi connectivity index (χ3v) is 4.09. The molecular weight excluding hydrogens is 222 g/mol. The van der Waals surface area contributed by atoms with Gasteiger partial charge in [-0.05, 0) is 30.9 Å². The summed E-state index contributed by atoms with van der Waals surface area (Å²) in [4.78, 5) is 4.42. The maximum absolute atomic E-state index is 6.00. The van der Waals surface area contributed by atoms with Crippen LogP contribution < -0.4 is 5.73 Å². The number of nitrogens with two attached hydrogens (primary N) is 1. The van der Waals surface area contributed by atoms with E-state index in [9.17, 15) is 0 Å². The summed E-state index contributed by atoms with van der Waals surface area (Å²) in [6, 6.07) is -0.118. The third kappa shape index (κ3) is 2.77. The Morgan fingerprint density at radius 1 is 1.56 bits per heavy atom. The molecule has 1 aliphatic heterocycles. The Morgan fingerprint density at radius 3 is 3.00 bits per heavy atom. The molecule has 1 aliphatic rings. The monoisotopic (exact) mass is 241 g/mol. The van der Waals surface area contributed by atoms with E-state index in [1.54, 1.807) is 0 Å². The molecule has 0 spiro atoms. The molecule has 1 unspecified atom stereocenters. The first-order valence-corrected chi connectivity index (χ1v) is 6.92. The van der Waals surface area contributed by atoms with Crippen LogP contribution >= 0.6 is 11.8 Å². The van der Waals surface area contributed by atoms with Crippen LogP contribution in [0.25, 0.3) is 0 Å². The van der Waals surface area contributed by atoms with E-state index < -0.39 is 0 Å². The number of rotatable bonds is 4. The van der Waals surface area contributed by atoms with Gasteiger partial charge in [0.05, 0.1) is 11.3 Å². The van der Waals surface area contributed by atoms with Crippen LogP contribution in [0.5, 0.6) is 0 Å². The number of nitrogens with zero attached hydrogens (tertiary/aromatic N) is 2. The minimum Gasteiger partial charge on any atom is -0.338 e. The van der Waals surface area contributed by atoms with Crippen LogP contribution in [-0.2, 0) is 0 Å². The lowest BCUT2D eigenvalue weighted by molar-refractivity contribution is 0.332. The highest BCUT2D eigenvalue weighted by Crippen LogP contribution is 2.38. The molecule has 0 amide bonds. The molecule has 16 heavy (non-hydrogen) atoms. The maximum Gasteiger partial charge on any atom is 0.243 e. The molecule has 0 aliphatic carbocycles. The number of aromatic nitrogens is 2. The summed E-state index contributed by atoms with van der Waals surface area (Å²) in [6.07, 6.45) is 3.29. The quantitative estimate of drug-likeness (QED) is 0.878. The van der Waals surface area contributed by atoms with Crippen LogP contribution in [0, 0.1) is 5.92 Å². The molecular formula is C11H19N3OS. The summed E-state index contributed by atoms with van der Waals surface area (Å²) >= 11 is 1.91. The minimum absolute atomic E-state index is 0.118. The van der Waals surface area contributed by atoms with E-state index in [1.807, 2.05) is 11.8 Å². The molecule has 0 saturated carbocycles. The lowest BCUT2D eigenvalue weighted by Crippen LogP contribution is -2.13. The van der Waals surface area contributed by atoms with Crippen molar-refractivity contribution in [3.8, 4) is 0 Å². The highest BCUT2D eigenvalue weighted by molar-refractivity contribution is 7.99. The predicted octanol–water partition coefficient (Wildman–Crippen LogP) is 2.68. The molecule has 0 aromatic carbocycles. The third-order valence-electron chi connectivity index (χ3n) is 2.72. The zero-order valence-electron chi connectivity index (χ0n) is 9.85. The summed E-state index contributed by atoms with van der Waals surface area (Å²) in [7, 11) is 0. The summed E-state index contributed by atoms with van der Waals surface area (Å²) in [5, 5.41) is 4.46. The summed E-state index contributed by atoms with van der Waals surface area (Å²) in [6.45, 7) is 4.29. The van der Waals surface area contributed by atoms with E-state index in [4.69, 9.17) is 10.3 Å². The van der Waals surface area contributed by atoms with Crippen molar-refractivity contribution in [1.82, 2.24) is 10.1 Å². The van der Waals surface area contributed by atoms with Gasteiger partial charge in [-0.1, -0.05) is 19.0 Å². The Hall–Kier alpha value is -0.550. The Balaban J connectivity index is 2.00. The summed E-state index contributed by atoms with van der Waals surface area (Å²) in [5.74, 6) is 3.17. The van der Waals surface area contributed by atoms with Crippen molar-refractivity contribution in [2.24, 2.45) is 11.7 Å². The van der Waals surface area contributed by atoms with Crippen LogP contribution in [0.2, 0.25) is 0 Å². The van der Waals surface area contributed by atoms with Gasteiger partial charge in [-0.2, -0.15) is 16.7 Å².